The summed E-state index contributed by atoms with van der Waals surface area (Å²) >= 11 is 0. The molecule has 0 radical (unpaired) electrons. The fourth-order valence-electron chi connectivity index (χ4n) is 1.08. The molecule has 2 nitrogen and oxygen atoms in total. The first-order chi connectivity index (χ1) is 6.13. The first-order valence-corrected chi connectivity index (χ1v) is 4.10. The lowest BCUT2D eigenvalue weighted by Crippen LogP contribution is -2.04. The van der Waals surface area contributed by atoms with Crippen LogP contribution in [0.5, 0.6) is 0 Å². The molecule has 0 aliphatic carbocycles. The predicted molar refractivity (Wildman–Crippen MR) is 45.1 cm³/mol. The smallest absolute Gasteiger partial charge is 0.256 e. The van der Waals surface area contributed by atoms with Gasteiger partial charge in [0.25, 0.3) is 6.43 Å². The van der Waals surface area contributed by atoms with Crippen LogP contribution in [0.4, 0.5) is 8.78 Å². The summed E-state index contributed by atoms with van der Waals surface area (Å²) < 4.78 is 25.1. The van der Waals surface area contributed by atoms with Crippen molar-refractivity contribution in [3.05, 3.63) is 24.0 Å². The van der Waals surface area contributed by atoms with Crippen molar-refractivity contribution in [1.29, 1.82) is 0 Å². The lowest BCUT2D eigenvalue weighted by Gasteiger charge is -1.99. The number of carbonyl (C=O) groups is 1. The number of hydrogen-bond acceptors (Lipinski definition) is 1. The van der Waals surface area contributed by atoms with Gasteiger partial charge in [-0.1, -0.05) is 6.92 Å². The third-order valence-corrected chi connectivity index (χ3v) is 1.74. The molecule has 0 saturated heterocycles. The van der Waals surface area contributed by atoms with Crippen molar-refractivity contribution in [2.24, 2.45) is 0 Å². The third-order valence-electron chi connectivity index (χ3n) is 1.74. The SMILES string of the molecule is CCC(=O)c1ccn(CC(F)F)c1. The Bertz CT molecular complexity index is 294. The molecule has 0 aliphatic heterocycles. The summed E-state index contributed by atoms with van der Waals surface area (Å²) in [5, 5.41) is 0. The molecule has 1 aromatic heterocycles. The summed E-state index contributed by atoms with van der Waals surface area (Å²) in [6.07, 6.45) is 0.975. The number of halogens is 2. The Labute approximate surface area is 75.2 Å². The van der Waals surface area contributed by atoms with Crippen LogP contribution in [0.15, 0.2) is 18.5 Å². The van der Waals surface area contributed by atoms with E-state index in [4.69, 9.17) is 0 Å². The lowest BCUT2D eigenvalue weighted by atomic mass is 10.2. The van der Waals surface area contributed by atoms with Crippen LogP contribution in [0.25, 0.3) is 0 Å². The Hall–Kier alpha value is -1.19. The zero-order valence-corrected chi connectivity index (χ0v) is 7.34. The highest BCUT2D eigenvalue weighted by Gasteiger charge is 2.07. The number of ketones is 1. The van der Waals surface area contributed by atoms with Gasteiger partial charge in [-0.25, -0.2) is 8.78 Å². The highest BCUT2D eigenvalue weighted by Crippen LogP contribution is 2.06. The van der Waals surface area contributed by atoms with Crippen LogP contribution in [-0.2, 0) is 6.54 Å². The molecule has 0 fully saturated rings. The largest absolute Gasteiger partial charge is 0.348 e. The van der Waals surface area contributed by atoms with Crippen LogP contribution < -0.4 is 0 Å². The fourth-order valence-corrected chi connectivity index (χ4v) is 1.08. The molecule has 4 heteroatoms. The predicted octanol–water partition coefficient (Wildman–Crippen LogP) is 2.35. The number of Topliss-reactive ketones (excluding diaryl/α,β-unsaturated/α-hetero) is 1. The molecular weight excluding hydrogens is 176 g/mol. The van der Waals surface area contributed by atoms with Gasteiger partial charge in [0.05, 0.1) is 6.54 Å². The molecule has 1 rings (SSSR count). The van der Waals surface area contributed by atoms with E-state index in [0.717, 1.165) is 0 Å². The van der Waals surface area contributed by atoms with Crippen molar-refractivity contribution in [3.63, 3.8) is 0 Å². The van der Waals surface area contributed by atoms with Gasteiger partial charge >= 0.3 is 0 Å². The number of hydrogen-bond donors (Lipinski definition) is 0. The molecule has 1 aromatic rings. The third kappa shape index (κ3) is 2.65. The monoisotopic (exact) mass is 187 g/mol. The number of alkyl halides is 2. The minimum absolute atomic E-state index is 0.0204. The quantitative estimate of drug-likeness (QED) is 0.663. The Balaban J connectivity index is 2.69. The fraction of sp³-hybridized carbons (Fsp3) is 0.444. The van der Waals surface area contributed by atoms with Gasteiger partial charge in [0.2, 0.25) is 0 Å². The van der Waals surface area contributed by atoms with Crippen molar-refractivity contribution >= 4 is 5.78 Å². The van der Waals surface area contributed by atoms with E-state index in [1.807, 2.05) is 0 Å². The summed E-state index contributed by atoms with van der Waals surface area (Å²) in [5.41, 5.74) is 0.503. The van der Waals surface area contributed by atoms with Gasteiger partial charge in [0, 0.05) is 24.4 Å². The zero-order valence-electron chi connectivity index (χ0n) is 7.34. The second-order valence-corrected chi connectivity index (χ2v) is 2.76. The topological polar surface area (TPSA) is 22.0 Å². The van der Waals surface area contributed by atoms with Crippen LogP contribution in [-0.4, -0.2) is 16.8 Å². The highest BCUT2D eigenvalue weighted by molar-refractivity contribution is 5.95. The maximum Gasteiger partial charge on any atom is 0.256 e. The van der Waals surface area contributed by atoms with Crippen LogP contribution in [0.3, 0.4) is 0 Å². The van der Waals surface area contributed by atoms with Gasteiger partial charge in [-0.3, -0.25) is 4.79 Å². The van der Waals surface area contributed by atoms with E-state index in [9.17, 15) is 13.6 Å². The maximum absolute atomic E-state index is 11.9. The van der Waals surface area contributed by atoms with Gasteiger partial charge in [0.1, 0.15) is 0 Å². The summed E-state index contributed by atoms with van der Waals surface area (Å²) in [5.74, 6) is -0.0204. The second kappa shape index (κ2) is 4.16. The average molecular weight is 187 g/mol. The molecule has 0 N–H and O–H groups in total. The van der Waals surface area contributed by atoms with Gasteiger partial charge in [-0.05, 0) is 6.07 Å². The van der Waals surface area contributed by atoms with E-state index in [1.54, 1.807) is 13.0 Å². The van der Waals surface area contributed by atoms with Gasteiger partial charge in [0.15, 0.2) is 5.78 Å². The number of aromatic nitrogens is 1. The van der Waals surface area contributed by atoms with Gasteiger partial charge < -0.3 is 4.57 Å². The molecule has 13 heavy (non-hydrogen) atoms. The van der Waals surface area contributed by atoms with E-state index in [-0.39, 0.29) is 12.3 Å². The summed E-state index contributed by atoms with van der Waals surface area (Å²) in [6.45, 7) is 1.39. The van der Waals surface area contributed by atoms with Crippen molar-refractivity contribution in [3.8, 4) is 0 Å². The molecule has 0 saturated carbocycles. The van der Waals surface area contributed by atoms with E-state index in [0.29, 0.717) is 12.0 Å². The maximum atomic E-state index is 11.9. The minimum atomic E-state index is -2.38. The first kappa shape index (κ1) is 9.89. The van der Waals surface area contributed by atoms with E-state index < -0.39 is 6.43 Å². The second-order valence-electron chi connectivity index (χ2n) is 2.76. The lowest BCUT2D eigenvalue weighted by molar-refractivity contribution is 0.0986. The molecule has 0 aliphatic rings. The van der Waals surface area contributed by atoms with Crippen LogP contribution in [0, 0.1) is 0 Å². The molecule has 0 amide bonds. The Kier molecular flexibility index (Phi) is 3.17. The Morgan fingerprint density at radius 3 is 2.85 bits per heavy atom. The van der Waals surface area contributed by atoms with Crippen LogP contribution in [0.2, 0.25) is 0 Å². The molecule has 0 aromatic carbocycles. The molecule has 0 spiro atoms. The summed E-state index contributed by atoms with van der Waals surface area (Å²) in [4.78, 5) is 11.1. The van der Waals surface area contributed by atoms with E-state index in [1.165, 1.54) is 17.0 Å². The van der Waals surface area contributed by atoms with E-state index in [2.05, 4.69) is 0 Å². The van der Waals surface area contributed by atoms with Gasteiger partial charge in [-0.15, -0.1) is 0 Å². The van der Waals surface area contributed by atoms with Crippen molar-refractivity contribution in [1.82, 2.24) is 4.57 Å². The first-order valence-electron chi connectivity index (χ1n) is 4.10. The number of nitrogens with zero attached hydrogens (tertiary/aromatic N) is 1. The molecule has 72 valence electrons. The Morgan fingerprint density at radius 1 is 1.62 bits per heavy atom. The summed E-state index contributed by atoms with van der Waals surface area (Å²) in [7, 11) is 0. The summed E-state index contributed by atoms with van der Waals surface area (Å²) in [6, 6.07) is 1.56. The average Bonchev–Trinajstić information content (AvgIpc) is 2.50. The van der Waals surface area contributed by atoms with Gasteiger partial charge in [-0.2, -0.15) is 0 Å². The van der Waals surface area contributed by atoms with Crippen molar-refractivity contribution < 1.29 is 13.6 Å². The van der Waals surface area contributed by atoms with E-state index >= 15 is 0 Å². The molecule has 1 heterocycles. The zero-order chi connectivity index (χ0) is 9.84. The van der Waals surface area contributed by atoms with Crippen LogP contribution in [0.1, 0.15) is 23.7 Å². The van der Waals surface area contributed by atoms with Crippen LogP contribution >= 0.6 is 0 Å². The van der Waals surface area contributed by atoms with Crippen molar-refractivity contribution in [2.75, 3.05) is 0 Å². The number of rotatable bonds is 4. The Morgan fingerprint density at radius 2 is 2.31 bits per heavy atom. The molecule has 0 unspecified atom stereocenters. The highest BCUT2D eigenvalue weighted by atomic mass is 19.3. The molecule has 0 bridgehead atoms. The number of carbonyl (C=O) groups excluding carboxylic acids is 1. The normalized spacial score (nSPS) is 10.8. The molecule has 0 atom stereocenters. The molecular formula is C9H11F2NO. The van der Waals surface area contributed by atoms with Crippen molar-refractivity contribution in [2.45, 2.75) is 26.3 Å². The standard InChI is InChI=1S/C9H11F2NO/c1-2-8(13)7-3-4-12(5-7)6-9(10)11/h3-5,9H,2,6H2,1H3. The minimum Gasteiger partial charge on any atom is -0.348 e.